The maximum Gasteiger partial charge on any atom is 0.148 e. The van der Waals surface area contributed by atoms with Gasteiger partial charge in [0.25, 0.3) is 0 Å². The van der Waals surface area contributed by atoms with E-state index in [-0.39, 0.29) is 17.5 Å². The fraction of sp³-hybridized carbons (Fsp3) is 0.600. The van der Waals surface area contributed by atoms with E-state index in [4.69, 9.17) is 0 Å². The van der Waals surface area contributed by atoms with E-state index in [0.29, 0.717) is 6.54 Å². The molecule has 1 unspecified atom stereocenters. The second-order valence-corrected chi connectivity index (χ2v) is 8.07. The number of aliphatic hydroxyl groups excluding tert-OH is 1. The topological polar surface area (TPSA) is 57.6 Å². The Morgan fingerprint density at radius 3 is 2.38 bits per heavy atom. The molecule has 1 N–H and O–H groups in total. The van der Waals surface area contributed by atoms with E-state index in [9.17, 15) is 17.9 Å². The lowest BCUT2D eigenvalue weighted by atomic mass is 9.87. The SMILES string of the molecule is CS(=O)(=O)CCN1CCC(C(O)c2ccc(F)cc2)CC1. The summed E-state index contributed by atoms with van der Waals surface area (Å²) in [5.74, 6) is 0.0181. The smallest absolute Gasteiger partial charge is 0.148 e. The summed E-state index contributed by atoms with van der Waals surface area (Å²) in [5, 5.41) is 10.3. The Kier molecular flexibility index (Phi) is 5.35. The third-order valence-electron chi connectivity index (χ3n) is 4.07. The second kappa shape index (κ2) is 6.85. The molecule has 0 aliphatic carbocycles. The highest BCUT2D eigenvalue weighted by Crippen LogP contribution is 2.30. The molecule has 1 aromatic carbocycles. The quantitative estimate of drug-likeness (QED) is 0.897. The maximum absolute atomic E-state index is 12.9. The molecule has 1 aromatic rings. The maximum atomic E-state index is 12.9. The average Bonchev–Trinajstić information content (AvgIpc) is 2.45. The number of hydrogen-bond donors (Lipinski definition) is 1. The van der Waals surface area contributed by atoms with E-state index in [1.165, 1.54) is 18.4 Å². The van der Waals surface area contributed by atoms with Gasteiger partial charge < -0.3 is 10.0 Å². The van der Waals surface area contributed by atoms with Gasteiger partial charge in [-0.3, -0.25) is 0 Å². The number of likely N-dealkylation sites (tertiary alicyclic amines) is 1. The number of hydrogen-bond acceptors (Lipinski definition) is 4. The zero-order valence-corrected chi connectivity index (χ0v) is 13.0. The van der Waals surface area contributed by atoms with Crippen molar-refractivity contribution >= 4 is 9.84 Å². The highest BCUT2D eigenvalue weighted by atomic mass is 32.2. The summed E-state index contributed by atoms with van der Waals surface area (Å²) in [7, 11) is -2.93. The second-order valence-electron chi connectivity index (χ2n) is 5.81. The van der Waals surface area contributed by atoms with Crippen LogP contribution >= 0.6 is 0 Å². The minimum absolute atomic E-state index is 0.143. The monoisotopic (exact) mass is 315 g/mol. The number of benzene rings is 1. The first-order valence-electron chi connectivity index (χ1n) is 7.19. The van der Waals surface area contributed by atoms with E-state index in [0.717, 1.165) is 31.5 Å². The molecule has 118 valence electrons. The van der Waals surface area contributed by atoms with Gasteiger partial charge in [0.2, 0.25) is 0 Å². The predicted molar refractivity (Wildman–Crippen MR) is 80.2 cm³/mol. The van der Waals surface area contributed by atoms with Gasteiger partial charge in [-0.25, -0.2) is 12.8 Å². The highest BCUT2D eigenvalue weighted by Gasteiger charge is 2.26. The number of nitrogens with zero attached hydrogens (tertiary/aromatic N) is 1. The standard InChI is InChI=1S/C15H22FNO3S/c1-21(19,20)11-10-17-8-6-13(7-9-17)15(18)12-2-4-14(16)5-3-12/h2-5,13,15,18H,6-11H2,1H3. The lowest BCUT2D eigenvalue weighted by Gasteiger charge is -2.34. The lowest BCUT2D eigenvalue weighted by Crippen LogP contribution is -2.38. The molecule has 1 aliphatic heterocycles. The summed E-state index contributed by atoms with van der Waals surface area (Å²) < 4.78 is 35.2. The van der Waals surface area contributed by atoms with Crippen LogP contribution in [-0.4, -0.2) is 50.1 Å². The van der Waals surface area contributed by atoms with Crippen molar-refractivity contribution in [3.63, 3.8) is 0 Å². The summed E-state index contributed by atoms with van der Waals surface area (Å²) in [5.41, 5.74) is 0.742. The molecule has 2 rings (SSSR count). The fourth-order valence-corrected chi connectivity index (χ4v) is 3.31. The molecule has 4 nitrogen and oxygen atoms in total. The van der Waals surface area contributed by atoms with Gasteiger partial charge in [-0.05, 0) is 49.5 Å². The molecule has 0 saturated carbocycles. The van der Waals surface area contributed by atoms with Crippen molar-refractivity contribution in [1.29, 1.82) is 0 Å². The normalized spacial score (nSPS) is 19.6. The zero-order chi connectivity index (χ0) is 15.5. The molecule has 0 aromatic heterocycles. The number of rotatable bonds is 5. The molecule has 1 fully saturated rings. The molecular formula is C15H22FNO3S. The van der Waals surface area contributed by atoms with Crippen molar-refractivity contribution in [3.05, 3.63) is 35.6 Å². The van der Waals surface area contributed by atoms with Crippen LogP contribution < -0.4 is 0 Å². The van der Waals surface area contributed by atoms with Crippen LogP contribution in [0, 0.1) is 11.7 Å². The van der Waals surface area contributed by atoms with E-state index < -0.39 is 15.9 Å². The Bertz CT molecular complexity index is 551. The van der Waals surface area contributed by atoms with Gasteiger partial charge in [0, 0.05) is 12.8 Å². The van der Waals surface area contributed by atoms with E-state index in [1.807, 2.05) is 0 Å². The Morgan fingerprint density at radius 1 is 1.29 bits per heavy atom. The summed E-state index contributed by atoms with van der Waals surface area (Å²) in [4.78, 5) is 2.12. The average molecular weight is 315 g/mol. The van der Waals surface area contributed by atoms with Gasteiger partial charge in [0.15, 0.2) is 0 Å². The van der Waals surface area contributed by atoms with Gasteiger partial charge >= 0.3 is 0 Å². The fourth-order valence-electron chi connectivity index (χ4n) is 2.72. The number of halogens is 1. The van der Waals surface area contributed by atoms with Crippen LogP contribution in [0.25, 0.3) is 0 Å². The van der Waals surface area contributed by atoms with Crippen LogP contribution in [0.1, 0.15) is 24.5 Å². The van der Waals surface area contributed by atoms with Crippen LogP contribution in [0.2, 0.25) is 0 Å². The van der Waals surface area contributed by atoms with E-state index >= 15 is 0 Å². The molecule has 6 heteroatoms. The Balaban J connectivity index is 1.84. The Labute approximate surface area is 125 Å². The van der Waals surface area contributed by atoms with E-state index in [1.54, 1.807) is 12.1 Å². The van der Waals surface area contributed by atoms with Crippen LogP contribution in [0.4, 0.5) is 4.39 Å². The lowest BCUT2D eigenvalue weighted by molar-refractivity contribution is 0.0605. The third kappa shape index (κ3) is 5.05. The van der Waals surface area contributed by atoms with Crippen LogP contribution in [0.3, 0.4) is 0 Å². The predicted octanol–water partition coefficient (Wildman–Crippen LogP) is 1.62. The largest absolute Gasteiger partial charge is 0.388 e. The van der Waals surface area contributed by atoms with Crippen molar-refractivity contribution in [2.45, 2.75) is 18.9 Å². The number of sulfone groups is 1. The molecule has 21 heavy (non-hydrogen) atoms. The molecule has 1 heterocycles. The van der Waals surface area contributed by atoms with Crippen molar-refractivity contribution in [1.82, 2.24) is 4.90 Å². The summed E-state index contributed by atoms with van der Waals surface area (Å²) in [6.45, 7) is 2.13. The van der Waals surface area contributed by atoms with Crippen molar-refractivity contribution < 1.29 is 17.9 Å². The Morgan fingerprint density at radius 2 is 1.86 bits per heavy atom. The highest BCUT2D eigenvalue weighted by molar-refractivity contribution is 7.90. The van der Waals surface area contributed by atoms with E-state index in [2.05, 4.69) is 4.90 Å². The minimum Gasteiger partial charge on any atom is -0.388 e. The first-order chi connectivity index (χ1) is 9.85. The molecule has 1 saturated heterocycles. The van der Waals surface area contributed by atoms with Gasteiger partial charge in [0.05, 0.1) is 11.9 Å². The molecule has 1 atom stereocenters. The summed E-state index contributed by atoms with van der Waals surface area (Å²) in [6.07, 6.45) is 2.31. The van der Waals surface area contributed by atoms with Crippen LogP contribution in [0.15, 0.2) is 24.3 Å². The van der Waals surface area contributed by atoms with Crippen molar-refractivity contribution in [2.75, 3.05) is 31.6 Å². The van der Waals surface area contributed by atoms with Gasteiger partial charge in [-0.1, -0.05) is 12.1 Å². The first-order valence-corrected chi connectivity index (χ1v) is 9.25. The summed E-state index contributed by atoms with van der Waals surface area (Å²) in [6, 6.07) is 5.96. The van der Waals surface area contributed by atoms with Gasteiger partial charge in [-0.2, -0.15) is 0 Å². The molecule has 0 radical (unpaired) electrons. The number of piperidine rings is 1. The van der Waals surface area contributed by atoms with Gasteiger partial charge in [-0.15, -0.1) is 0 Å². The Hall–Kier alpha value is -0.980. The molecule has 1 aliphatic rings. The van der Waals surface area contributed by atoms with Crippen LogP contribution in [-0.2, 0) is 9.84 Å². The van der Waals surface area contributed by atoms with Crippen molar-refractivity contribution in [2.24, 2.45) is 5.92 Å². The first kappa shape index (κ1) is 16.4. The zero-order valence-electron chi connectivity index (χ0n) is 12.2. The molecule has 0 amide bonds. The minimum atomic E-state index is -2.93. The van der Waals surface area contributed by atoms with Crippen molar-refractivity contribution in [3.8, 4) is 0 Å². The molecule has 0 bridgehead atoms. The number of aliphatic hydroxyl groups is 1. The molecule has 0 spiro atoms. The van der Waals surface area contributed by atoms with Gasteiger partial charge in [0.1, 0.15) is 15.7 Å². The summed E-state index contributed by atoms with van der Waals surface area (Å²) >= 11 is 0. The molecular weight excluding hydrogens is 293 g/mol. The third-order valence-corrected chi connectivity index (χ3v) is 4.99. The van der Waals surface area contributed by atoms with Crippen LogP contribution in [0.5, 0.6) is 0 Å².